The molecule has 0 aromatic rings. The van der Waals surface area contributed by atoms with Gasteiger partial charge >= 0.3 is 11.9 Å². The normalized spacial score (nSPS) is 9.57. The van der Waals surface area contributed by atoms with Gasteiger partial charge in [-0.15, -0.1) is 0 Å². The summed E-state index contributed by atoms with van der Waals surface area (Å²) in [6.07, 6.45) is 0. The SMILES string of the molecule is CN(C)C(CS)CS.O=C(O)C(=O)O. The van der Waals surface area contributed by atoms with Crippen molar-refractivity contribution in [1.29, 1.82) is 0 Å². The zero-order chi connectivity index (χ0) is 11.7. The highest BCUT2D eigenvalue weighted by atomic mass is 32.1. The third kappa shape index (κ3) is 9.69. The summed E-state index contributed by atoms with van der Waals surface area (Å²) >= 11 is 8.29. The molecule has 0 rings (SSSR count). The number of rotatable bonds is 3. The minimum atomic E-state index is -1.82. The number of aliphatic carboxylic acids is 2. The Morgan fingerprint density at radius 3 is 1.43 bits per heavy atom. The highest BCUT2D eigenvalue weighted by Crippen LogP contribution is 1.96. The van der Waals surface area contributed by atoms with Crippen LogP contribution in [-0.4, -0.2) is 58.7 Å². The Labute approximate surface area is 93.9 Å². The molecule has 0 aliphatic heterocycles. The second-order valence-electron chi connectivity index (χ2n) is 2.59. The Morgan fingerprint density at radius 1 is 1.14 bits per heavy atom. The predicted octanol–water partition coefficient (Wildman–Crippen LogP) is -0.0682. The van der Waals surface area contributed by atoms with E-state index in [1.807, 2.05) is 14.1 Å². The van der Waals surface area contributed by atoms with Gasteiger partial charge in [0.1, 0.15) is 0 Å². The van der Waals surface area contributed by atoms with E-state index in [1.165, 1.54) is 0 Å². The van der Waals surface area contributed by atoms with Crippen LogP contribution >= 0.6 is 25.3 Å². The van der Waals surface area contributed by atoms with E-state index < -0.39 is 11.9 Å². The van der Waals surface area contributed by atoms with Crippen molar-refractivity contribution in [2.24, 2.45) is 0 Å². The maximum atomic E-state index is 9.10. The molecule has 84 valence electrons. The Kier molecular flexibility index (Phi) is 10.5. The molecular formula is C7H15NO4S2. The van der Waals surface area contributed by atoms with Gasteiger partial charge in [-0.3, -0.25) is 0 Å². The maximum Gasteiger partial charge on any atom is 0.414 e. The number of carboxylic acid groups (broad SMARTS) is 2. The van der Waals surface area contributed by atoms with Gasteiger partial charge in [-0.1, -0.05) is 0 Å². The van der Waals surface area contributed by atoms with E-state index >= 15 is 0 Å². The van der Waals surface area contributed by atoms with E-state index in [9.17, 15) is 0 Å². The molecule has 7 heteroatoms. The van der Waals surface area contributed by atoms with E-state index in [0.717, 1.165) is 11.5 Å². The first-order chi connectivity index (χ1) is 6.36. The van der Waals surface area contributed by atoms with Gasteiger partial charge in [0.05, 0.1) is 0 Å². The lowest BCUT2D eigenvalue weighted by atomic mass is 10.4. The van der Waals surface area contributed by atoms with Crippen molar-refractivity contribution >= 4 is 37.2 Å². The van der Waals surface area contributed by atoms with Crippen LogP contribution in [0.2, 0.25) is 0 Å². The van der Waals surface area contributed by atoms with Gasteiger partial charge in [-0.2, -0.15) is 25.3 Å². The van der Waals surface area contributed by atoms with E-state index in [4.69, 9.17) is 19.8 Å². The molecule has 0 amide bonds. The van der Waals surface area contributed by atoms with Crippen molar-refractivity contribution in [3.63, 3.8) is 0 Å². The smallest absolute Gasteiger partial charge is 0.414 e. The summed E-state index contributed by atoms with van der Waals surface area (Å²) in [4.78, 5) is 20.3. The van der Waals surface area contributed by atoms with Crippen molar-refractivity contribution in [1.82, 2.24) is 4.90 Å². The minimum absolute atomic E-state index is 0.515. The van der Waals surface area contributed by atoms with Crippen LogP contribution in [0.3, 0.4) is 0 Å². The topological polar surface area (TPSA) is 77.8 Å². The van der Waals surface area contributed by atoms with Crippen molar-refractivity contribution in [2.45, 2.75) is 6.04 Å². The van der Waals surface area contributed by atoms with Crippen molar-refractivity contribution in [3.8, 4) is 0 Å². The lowest BCUT2D eigenvalue weighted by molar-refractivity contribution is -0.159. The lowest BCUT2D eigenvalue weighted by Gasteiger charge is -2.19. The van der Waals surface area contributed by atoms with Crippen LogP contribution in [-0.2, 0) is 9.59 Å². The summed E-state index contributed by atoms with van der Waals surface area (Å²) in [5, 5.41) is 14.8. The highest BCUT2D eigenvalue weighted by Gasteiger charge is 2.04. The fourth-order valence-electron chi connectivity index (χ4n) is 0.384. The van der Waals surface area contributed by atoms with Crippen molar-refractivity contribution < 1.29 is 19.8 Å². The van der Waals surface area contributed by atoms with Gasteiger partial charge in [0.15, 0.2) is 0 Å². The van der Waals surface area contributed by atoms with Crippen LogP contribution in [0.5, 0.6) is 0 Å². The Hall–Kier alpha value is -0.400. The summed E-state index contributed by atoms with van der Waals surface area (Å²) in [5.74, 6) is -1.88. The zero-order valence-electron chi connectivity index (χ0n) is 8.04. The van der Waals surface area contributed by atoms with Gasteiger partial charge in [0, 0.05) is 17.5 Å². The molecule has 0 saturated heterocycles. The number of nitrogens with zero attached hydrogens (tertiary/aromatic N) is 1. The molecule has 0 spiro atoms. The van der Waals surface area contributed by atoms with Gasteiger partial charge in [0.2, 0.25) is 0 Å². The first-order valence-electron chi connectivity index (χ1n) is 3.71. The molecule has 0 atom stereocenters. The average Bonchev–Trinajstić information content (AvgIpc) is 2.06. The Balaban J connectivity index is 0. The summed E-state index contributed by atoms with van der Waals surface area (Å²) in [5.41, 5.74) is 0. The van der Waals surface area contributed by atoms with E-state index in [1.54, 1.807) is 0 Å². The molecule has 0 aromatic heterocycles. The predicted molar refractivity (Wildman–Crippen MR) is 60.5 cm³/mol. The maximum absolute atomic E-state index is 9.10. The summed E-state index contributed by atoms with van der Waals surface area (Å²) < 4.78 is 0. The minimum Gasteiger partial charge on any atom is -0.473 e. The van der Waals surface area contributed by atoms with Crippen molar-refractivity contribution in [2.75, 3.05) is 25.6 Å². The summed E-state index contributed by atoms with van der Waals surface area (Å²) in [7, 11) is 4.08. The fourth-order valence-corrected chi connectivity index (χ4v) is 1.50. The van der Waals surface area contributed by atoms with Crippen LogP contribution in [0.1, 0.15) is 0 Å². The largest absolute Gasteiger partial charge is 0.473 e. The summed E-state index contributed by atoms with van der Waals surface area (Å²) in [6.45, 7) is 0. The average molecular weight is 241 g/mol. The molecule has 0 aliphatic rings. The monoisotopic (exact) mass is 241 g/mol. The quantitative estimate of drug-likeness (QED) is 0.411. The second-order valence-corrected chi connectivity index (χ2v) is 3.32. The van der Waals surface area contributed by atoms with Gasteiger partial charge in [0.25, 0.3) is 0 Å². The molecule has 5 nitrogen and oxygen atoms in total. The third-order valence-electron chi connectivity index (χ3n) is 1.33. The van der Waals surface area contributed by atoms with Gasteiger partial charge in [-0.25, -0.2) is 9.59 Å². The number of carbonyl (C=O) groups is 2. The Bertz CT molecular complexity index is 171. The van der Waals surface area contributed by atoms with Gasteiger partial charge < -0.3 is 15.1 Å². The molecule has 0 unspecified atom stereocenters. The van der Waals surface area contributed by atoms with E-state index in [2.05, 4.69) is 30.2 Å². The highest BCUT2D eigenvalue weighted by molar-refractivity contribution is 7.81. The van der Waals surface area contributed by atoms with Crippen LogP contribution in [0.25, 0.3) is 0 Å². The molecule has 2 N–H and O–H groups in total. The summed E-state index contributed by atoms with van der Waals surface area (Å²) in [6, 6.07) is 0.515. The Morgan fingerprint density at radius 2 is 1.43 bits per heavy atom. The molecule has 0 aliphatic carbocycles. The molecule has 0 radical (unpaired) electrons. The first kappa shape index (κ1) is 16.0. The first-order valence-corrected chi connectivity index (χ1v) is 4.97. The molecular weight excluding hydrogens is 226 g/mol. The van der Waals surface area contributed by atoms with Crippen LogP contribution in [0.15, 0.2) is 0 Å². The molecule has 0 fully saturated rings. The number of thiol groups is 2. The molecule has 0 aromatic carbocycles. The fraction of sp³-hybridized carbons (Fsp3) is 0.714. The zero-order valence-corrected chi connectivity index (χ0v) is 9.83. The standard InChI is InChI=1S/C5H13NS2.C2H2O4/c1-6(2)5(3-7)4-8;3-1(4)2(5)6/h5,7-8H,3-4H2,1-2H3;(H,3,4)(H,5,6). The third-order valence-corrected chi connectivity index (χ3v) is 2.18. The molecule has 0 bridgehead atoms. The number of hydrogen-bond donors (Lipinski definition) is 4. The molecule has 14 heavy (non-hydrogen) atoms. The second kappa shape index (κ2) is 9.17. The van der Waals surface area contributed by atoms with Crippen molar-refractivity contribution in [3.05, 3.63) is 0 Å². The van der Waals surface area contributed by atoms with Crippen LogP contribution < -0.4 is 0 Å². The number of hydrogen-bond acceptors (Lipinski definition) is 5. The van der Waals surface area contributed by atoms with E-state index in [0.29, 0.717) is 6.04 Å². The van der Waals surface area contributed by atoms with Gasteiger partial charge in [-0.05, 0) is 14.1 Å². The van der Waals surface area contributed by atoms with Crippen LogP contribution in [0, 0.1) is 0 Å². The molecule has 0 saturated carbocycles. The molecule has 0 heterocycles. The number of carboxylic acids is 2. The lowest BCUT2D eigenvalue weighted by Crippen LogP contribution is -2.30. The van der Waals surface area contributed by atoms with E-state index in [-0.39, 0.29) is 0 Å². The van der Waals surface area contributed by atoms with Crippen LogP contribution in [0.4, 0.5) is 0 Å².